The highest BCUT2D eigenvalue weighted by atomic mass is 16.7. The Morgan fingerprint density at radius 3 is 2.45 bits per heavy atom. The lowest BCUT2D eigenvalue weighted by molar-refractivity contribution is -0.117. The third-order valence-corrected chi connectivity index (χ3v) is 6.16. The van der Waals surface area contributed by atoms with Crippen LogP contribution in [0.5, 0.6) is 11.5 Å². The van der Waals surface area contributed by atoms with Crippen LogP contribution >= 0.6 is 0 Å². The number of carbonyl (C=O) groups is 2. The molecule has 1 spiro atoms. The summed E-state index contributed by atoms with van der Waals surface area (Å²) in [5, 5.41) is 2.95. The Morgan fingerprint density at radius 1 is 1.00 bits per heavy atom. The summed E-state index contributed by atoms with van der Waals surface area (Å²) in [6.45, 7) is 4.52. The lowest BCUT2D eigenvalue weighted by Gasteiger charge is -2.33. The average Bonchev–Trinajstić information content (AvgIpc) is 3.48. The fourth-order valence-corrected chi connectivity index (χ4v) is 4.51. The number of furan rings is 1. The second-order valence-corrected chi connectivity index (χ2v) is 8.51. The highest BCUT2D eigenvalue weighted by Crippen LogP contribution is 2.47. The zero-order valence-electron chi connectivity index (χ0n) is 17.7. The van der Waals surface area contributed by atoms with E-state index in [2.05, 4.69) is 5.32 Å². The minimum absolute atomic E-state index is 0.0871. The van der Waals surface area contributed by atoms with Crippen LogP contribution in [0.15, 0.2) is 34.7 Å². The molecule has 1 saturated heterocycles. The van der Waals surface area contributed by atoms with Gasteiger partial charge >= 0.3 is 0 Å². The molecule has 0 radical (unpaired) electrons. The van der Waals surface area contributed by atoms with E-state index in [0.717, 1.165) is 37.2 Å². The summed E-state index contributed by atoms with van der Waals surface area (Å²) in [5.74, 6) is 1.84. The number of carbonyl (C=O) groups excluding carboxylic acids is 2. The average molecular weight is 425 g/mol. The number of nitrogens with zero attached hydrogens (tertiary/aromatic N) is 2. The van der Waals surface area contributed by atoms with E-state index in [-0.39, 0.29) is 18.4 Å². The van der Waals surface area contributed by atoms with Gasteiger partial charge in [0.05, 0.1) is 6.54 Å². The van der Waals surface area contributed by atoms with Gasteiger partial charge in [0, 0.05) is 50.8 Å². The van der Waals surface area contributed by atoms with E-state index in [9.17, 15) is 9.59 Å². The second-order valence-electron chi connectivity index (χ2n) is 8.51. The molecule has 5 rings (SSSR count). The van der Waals surface area contributed by atoms with Crippen LogP contribution in [-0.4, -0.2) is 60.1 Å². The fourth-order valence-electron chi connectivity index (χ4n) is 4.51. The van der Waals surface area contributed by atoms with Gasteiger partial charge < -0.3 is 24.1 Å². The molecule has 1 saturated carbocycles. The van der Waals surface area contributed by atoms with Crippen LogP contribution in [-0.2, 0) is 4.79 Å². The number of nitrogens with one attached hydrogen (secondary N) is 1. The Kier molecular flexibility index (Phi) is 5.09. The zero-order chi connectivity index (χ0) is 21.4. The molecule has 1 N–H and O–H groups in total. The van der Waals surface area contributed by atoms with Crippen molar-refractivity contribution >= 4 is 17.5 Å². The second kappa shape index (κ2) is 7.92. The van der Waals surface area contributed by atoms with Gasteiger partial charge in [0.25, 0.3) is 11.7 Å². The number of rotatable bonds is 4. The summed E-state index contributed by atoms with van der Waals surface area (Å²) in [6.07, 6.45) is 4.02. The zero-order valence-corrected chi connectivity index (χ0v) is 17.7. The van der Waals surface area contributed by atoms with E-state index in [1.165, 1.54) is 0 Å². The predicted octanol–water partition coefficient (Wildman–Crippen LogP) is 3.03. The largest absolute Gasteiger partial charge is 0.456 e. The Bertz CT molecular complexity index is 987. The van der Waals surface area contributed by atoms with Crippen LogP contribution in [0.2, 0.25) is 0 Å². The van der Waals surface area contributed by atoms with E-state index in [0.29, 0.717) is 43.4 Å². The topological polar surface area (TPSA) is 84.3 Å². The normalized spacial score (nSPS) is 19.7. The number of hydrogen-bond acceptors (Lipinski definition) is 6. The molecule has 0 bridgehead atoms. The molecule has 3 aliphatic rings. The van der Waals surface area contributed by atoms with Crippen LogP contribution in [0.25, 0.3) is 0 Å². The monoisotopic (exact) mass is 425 g/mol. The van der Waals surface area contributed by atoms with E-state index < -0.39 is 5.79 Å². The summed E-state index contributed by atoms with van der Waals surface area (Å²) in [4.78, 5) is 28.8. The molecule has 8 heteroatoms. The highest BCUT2D eigenvalue weighted by Gasteiger charge is 2.44. The van der Waals surface area contributed by atoms with Crippen LogP contribution in [0.3, 0.4) is 0 Å². The summed E-state index contributed by atoms with van der Waals surface area (Å²) in [7, 11) is 0. The molecule has 8 nitrogen and oxygen atoms in total. The third kappa shape index (κ3) is 4.12. The lowest BCUT2D eigenvalue weighted by atomic mass is 10.2. The number of anilines is 1. The van der Waals surface area contributed by atoms with E-state index in [1.807, 2.05) is 30.0 Å². The highest BCUT2D eigenvalue weighted by molar-refractivity contribution is 5.93. The Labute approximate surface area is 181 Å². The molecule has 1 aliphatic carbocycles. The molecule has 2 aliphatic heterocycles. The van der Waals surface area contributed by atoms with E-state index >= 15 is 0 Å². The molecule has 31 heavy (non-hydrogen) atoms. The lowest BCUT2D eigenvalue weighted by Crippen LogP contribution is -2.50. The molecule has 1 aromatic carbocycles. The number of hydrogen-bond donors (Lipinski definition) is 1. The molecule has 2 fully saturated rings. The molecule has 2 amide bonds. The number of benzene rings is 1. The van der Waals surface area contributed by atoms with Crippen molar-refractivity contribution in [2.24, 2.45) is 0 Å². The summed E-state index contributed by atoms with van der Waals surface area (Å²) < 4.78 is 17.5. The van der Waals surface area contributed by atoms with Gasteiger partial charge in [-0.1, -0.05) is 0 Å². The number of piperazine rings is 1. The molecule has 2 aromatic rings. The molecule has 1 aromatic heterocycles. The third-order valence-electron chi connectivity index (χ3n) is 6.16. The summed E-state index contributed by atoms with van der Waals surface area (Å²) in [6, 6.07) is 9.03. The van der Waals surface area contributed by atoms with Gasteiger partial charge in [-0.3, -0.25) is 14.5 Å². The molecular formula is C23H27N3O5. The molecular weight excluding hydrogens is 398 g/mol. The van der Waals surface area contributed by atoms with Crippen molar-refractivity contribution in [2.75, 3.05) is 38.0 Å². The van der Waals surface area contributed by atoms with Gasteiger partial charge in [-0.25, -0.2) is 0 Å². The van der Waals surface area contributed by atoms with Gasteiger partial charge in [0.15, 0.2) is 17.3 Å². The predicted molar refractivity (Wildman–Crippen MR) is 113 cm³/mol. The maximum atomic E-state index is 12.5. The van der Waals surface area contributed by atoms with Crippen molar-refractivity contribution in [1.29, 1.82) is 0 Å². The smallest absolute Gasteiger partial charge is 0.289 e. The van der Waals surface area contributed by atoms with Gasteiger partial charge in [-0.2, -0.15) is 0 Å². The van der Waals surface area contributed by atoms with Crippen molar-refractivity contribution in [3.63, 3.8) is 0 Å². The number of amides is 2. The van der Waals surface area contributed by atoms with Crippen LogP contribution < -0.4 is 14.8 Å². The van der Waals surface area contributed by atoms with Gasteiger partial charge in [-0.15, -0.1) is 0 Å². The first-order valence-electron chi connectivity index (χ1n) is 10.9. The van der Waals surface area contributed by atoms with Gasteiger partial charge in [0.2, 0.25) is 5.91 Å². The summed E-state index contributed by atoms with van der Waals surface area (Å²) in [5.41, 5.74) is 0.699. The minimum Gasteiger partial charge on any atom is -0.456 e. The molecule has 0 unspecified atom stereocenters. The number of aryl methyl sites for hydroxylation is 1. The van der Waals surface area contributed by atoms with E-state index in [1.54, 1.807) is 17.0 Å². The van der Waals surface area contributed by atoms with Crippen molar-refractivity contribution in [3.8, 4) is 11.5 Å². The SMILES string of the molecule is Cc1ccc(C(=O)N2CCN(CC(=O)Nc3ccc4c(c3)OC3(CCCC3)O4)CC2)o1. The molecule has 3 heterocycles. The van der Waals surface area contributed by atoms with Crippen molar-refractivity contribution in [3.05, 3.63) is 41.9 Å². The van der Waals surface area contributed by atoms with Gasteiger partial charge in [-0.05, 0) is 44.0 Å². The first-order valence-corrected chi connectivity index (χ1v) is 10.9. The summed E-state index contributed by atoms with van der Waals surface area (Å²) >= 11 is 0. The maximum Gasteiger partial charge on any atom is 0.289 e. The van der Waals surface area contributed by atoms with E-state index in [4.69, 9.17) is 13.9 Å². The van der Waals surface area contributed by atoms with Crippen LogP contribution in [0.1, 0.15) is 42.0 Å². The first kappa shape index (κ1) is 19.9. The van der Waals surface area contributed by atoms with Crippen LogP contribution in [0.4, 0.5) is 5.69 Å². The standard InChI is InChI=1S/C23H27N3O5/c1-16-4-6-19(29-16)22(28)26-12-10-25(11-13-26)15-21(27)24-17-5-7-18-20(14-17)31-23(30-18)8-2-3-9-23/h4-7,14H,2-3,8-13,15H2,1H3,(H,24,27). The molecule has 0 atom stereocenters. The quantitative estimate of drug-likeness (QED) is 0.811. The minimum atomic E-state index is -0.504. The first-order chi connectivity index (χ1) is 15.0. The Morgan fingerprint density at radius 2 is 1.74 bits per heavy atom. The van der Waals surface area contributed by atoms with Crippen molar-refractivity contribution in [2.45, 2.75) is 38.4 Å². The van der Waals surface area contributed by atoms with Crippen molar-refractivity contribution < 1.29 is 23.5 Å². The Hall–Kier alpha value is -3.00. The van der Waals surface area contributed by atoms with Crippen LogP contribution in [0, 0.1) is 6.92 Å². The number of fused-ring (bicyclic) bond motifs is 1. The Balaban J connectivity index is 1.12. The molecule has 164 valence electrons. The van der Waals surface area contributed by atoms with Gasteiger partial charge in [0.1, 0.15) is 5.76 Å². The number of ether oxygens (including phenoxy) is 2. The fraction of sp³-hybridized carbons (Fsp3) is 0.478. The van der Waals surface area contributed by atoms with Crippen molar-refractivity contribution in [1.82, 2.24) is 9.80 Å². The maximum absolute atomic E-state index is 12.5.